The van der Waals surface area contributed by atoms with E-state index in [0.29, 0.717) is 17.3 Å². The summed E-state index contributed by atoms with van der Waals surface area (Å²) in [4.78, 5) is 17.0. The van der Waals surface area contributed by atoms with Crippen LogP contribution in [0.3, 0.4) is 0 Å². The number of hydrogen-bond donors (Lipinski definition) is 1. The van der Waals surface area contributed by atoms with Crippen LogP contribution in [0.1, 0.15) is 5.56 Å². The molecule has 1 saturated heterocycles. The lowest BCUT2D eigenvalue weighted by molar-refractivity contribution is -0.117. The Labute approximate surface area is 168 Å². The summed E-state index contributed by atoms with van der Waals surface area (Å²) in [5.41, 5.74) is 2.08. The first kappa shape index (κ1) is 18.4. The molecule has 0 saturated carbocycles. The highest BCUT2D eigenvalue weighted by Crippen LogP contribution is 2.27. The Morgan fingerprint density at radius 2 is 1.70 bits per heavy atom. The van der Waals surface area contributed by atoms with Crippen LogP contribution < -0.4 is 5.32 Å². The van der Waals surface area contributed by atoms with E-state index in [-0.39, 0.29) is 5.91 Å². The molecule has 3 aromatic rings. The molecule has 0 spiro atoms. The van der Waals surface area contributed by atoms with Gasteiger partial charge >= 0.3 is 0 Å². The van der Waals surface area contributed by atoms with Crippen molar-refractivity contribution in [3.8, 4) is 0 Å². The fourth-order valence-electron chi connectivity index (χ4n) is 3.46. The minimum atomic E-state index is -0.0135. The number of carbonyl (C=O) groups is 1. The van der Waals surface area contributed by atoms with E-state index in [0.717, 1.165) is 32.7 Å². The number of anilines is 1. The van der Waals surface area contributed by atoms with E-state index < -0.39 is 0 Å². The molecule has 4 rings (SSSR count). The Kier molecular flexibility index (Phi) is 5.74. The molecular formula is C21H22ClN3OS. The summed E-state index contributed by atoms with van der Waals surface area (Å²) in [7, 11) is 0. The maximum Gasteiger partial charge on any atom is 0.238 e. The topological polar surface area (TPSA) is 35.6 Å². The molecule has 0 aliphatic carbocycles. The number of fused-ring (bicyclic) bond motifs is 1. The highest BCUT2D eigenvalue weighted by atomic mass is 35.5. The number of rotatable bonds is 5. The molecule has 0 radical (unpaired) electrons. The van der Waals surface area contributed by atoms with Gasteiger partial charge < -0.3 is 5.32 Å². The van der Waals surface area contributed by atoms with Crippen molar-refractivity contribution in [2.24, 2.45) is 0 Å². The lowest BCUT2D eigenvalue weighted by Gasteiger charge is -2.34. The highest BCUT2D eigenvalue weighted by Gasteiger charge is 2.20. The summed E-state index contributed by atoms with van der Waals surface area (Å²) in [6.07, 6.45) is 0. The molecule has 4 nitrogen and oxygen atoms in total. The molecular weight excluding hydrogens is 378 g/mol. The van der Waals surface area contributed by atoms with Crippen LogP contribution >= 0.6 is 22.9 Å². The number of piperazine rings is 1. The van der Waals surface area contributed by atoms with Crippen LogP contribution in [0.15, 0.2) is 53.9 Å². The second-order valence-electron chi connectivity index (χ2n) is 6.84. The van der Waals surface area contributed by atoms with Gasteiger partial charge in [0, 0.05) is 37.4 Å². The fourth-order valence-corrected chi connectivity index (χ4v) is 4.59. The second-order valence-corrected chi connectivity index (χ2v) is 8.16. The molecule has 1 fully saturated rings. The molecule has 6 heteroatoms. The molecule has 2 aromatic carbocycles. The molecule has 0 unspecified atom stereocenters. The van der Waals surface area contributed by atoms with Gasteiger partial charge in [-0.2, -0.15) is 0 Å². The standard InChI is InChI=1S/C21H22ClN3OS/c22-18-6-2-3-7-19(18)23-21(26)14-25-11-9-24(10-12-25)13-16-15-27-20-8-4-1-5-17(16)20/h1-8,15H,9-14H2,(H,23,26). The number of nitrogens with zero attached hydrogens (tertiary/aromatic N) is 2. The third-order valence-electron chi connectivity index (χ3n) is 4.94. The maximum absolute atomic E-state index is 12.3. The van der Waals surface area contributed by atoms with Gasteiger partial charge in [-0.1, -0.05) is 41.9 Å². The van der Waals surface area contributed by atoms with Gasteiger partial charge in [0.25, 0.3) is 0 Å². The van der Waals surface area contributed by atoms with Crippen LogP contribution in [0.5, 0.6) is 0 Å². The minimum absolute atomic E-state index is 0.0135. The normalized spacial score (nSPS) is 15.9. The van der Waals surface area contributed by atoms with E-state index >= 15 is 0 Å². The first-order valence-corrected chi connectivity index (χ1v) is 10.4. The molecule has 1 aromatic heterocycles. The van der Waals surface area contributed by atoms with Crippen molar-refractivity contribution in [2.45, 2.75) is 6.54 Å². The van der Waals surface area contributed by atoms with E-state index in [1.165, 1.54) is 15.6 Å². The number of halogens is 1. The number of amides is 1. The van der Waals surface area contributed by atoms with Gasteiger partial charge in [-0.25, -0.2) is 0 Å². The Balaban J connectivity index is 1.27. The SMILES string of the molecule is O=C(CN1CCN(Cc2csc3ccccc23)CC1)Nc1ccccc1Cl. The van der Waals surface area contributed by atoms with Crippen LogP contribution in [-0.4, -0.2) is 48.4 Å². The zero-order valence-corrected chi connectivity index (χ0v) is 16.6. The van der Waals surface area contributed by atoms with E-state index in [4.69, 9.17) is 11.6 Å². The van der Waals surface area contributed by atoms with Gasteiger partial charge in [-0.3, -0.25) is 14.6 Å². The molecule has 1 amide bonds. The van der Waals surface area contributed by atoms with Gasteiger partial charge in [0.05, 0.1) is 17.3 Å². The minimum Gasteiger partial charge on any atom is -0.324 e. The first-order valence-electron chi connectivity index (χ1n) is 9.13. The zero-order chi connectivity index (χ0) is 18.6. The quantitative estimate of drug-likeness (QED) is 0.694. The van der Waals surface area contributed by atoms with Crippen LogP contribution in [-0.2, 0) is 11.3 Å². The van der Waals surface area contributed by atoms with Crippen LogP contribution in [0, 0.1) is 0 Å². The van der Waals surface area contributed by atoms with Crippen molar-refractivity contribution < 1.29 is 4.79 Å². The Bertz CT molecular complexity index is 934. The number of benzene rings is 2. The second kappa shape index (κ2) is 8.40. The molecule has 0 bridgehead atoms. The number of nitrogens with one attached hydrogen (secondary N) is 1. The third kappa shape index (κ3) is 4.50. The lowest BCUT2D eigenvalue weighted by Crippen LogP contribution is -2.48. The summed E-state index contributed by atoms with van der Waals surface area (Å²) in [5, 5.41) is 7.11. The van der Waals surface area contributed by atoms with Gasteiger partial charge in [-0.15, -0.1) is 11.3 Å². The number of para-hydroxylation sites is 1. The van der Waals surface area contributed by atoms with Gasteiger partial charge in [0.2, 0.25) is 5.91 Å². The lowest BCUT2D eigenvalue weighted by atomic mass is 10.1. The van der Waals surface area contributed by atoms with E-state index in [9.17, 15) is 4.79 Å². The largest absolute Gasteiger partial charge is 0.324 e. The predicted octanol–water partition coefficient (Wildman–Crippen LogP) is 4.31. The Hall–Kier alpha value is -1.92. The average molecular weight is 400 g/mol. The van der Waals surface area contributed by atoms with Crippen molar-refractivity contribution in [3.05, 3.63) is 64.5 Å². The maximum atomic E-state index is 12.3. The summed E-state index contributed by atoms with van der Waals surface area (Å²) in [5.74, 6) is -0.0135. The highest BCUT2D eigenvalue weighted by molar-refractivity contribution is 7.17. The summed E-state index contributed by atoms with van der Waals surface area (Å²) in [6.45, 7) is 5.13. The summed E-state index contributed by atoms with van der Waals surface area (Å²) < 4.78 is 1.35. The average Bonchev–Trinajstić information content (AvgIpc) is 3.08. The molecule has 27 heavy (non-hydrogen) atoms. The smallest absolute Gasteiger partial charge is 0.238 e. The first-order chi connectivity index (χ1) is 13.2. The third-order valence-corrected chi connectivity index (χ3v) is 6.28. The number of thiophene rings is 1. The van der Waals surface area contributed by atoms with Gasteiger partial charge in [-0.05, 0) is 34.5 Å². The molecule has 1 aliphatic heterocycles. The predicted molar refractivity (Wildman–Crippen MR) is 114 cm³/mol. The van der Waals surface area contributed by atoms with E-state index in [1.807, 2.05) is 29.5 Å². The Morgan fingerprint density at radius 1 is 1.00 bits per heavy atom. The monoisotopic (exact) mass is 399 g/mol. The van der Waals surface area contributed by atoms with Crippen LogP contribution in [0.2, 0.25) is 5.02 Å². The van der Waals surface area contributed by atoms with Crippen molar-refractivity contribution in [1.82, 2.24) is 9.80 Å². The van der Waals surface area contributed by atoms with Gasteiger partial charge in [0.1, 0.15) is 0 Å². The van der Waals surface area contributed by atoms with E-state index in [1.54, 1.807) is 6.07 Å². The fraction of sp³-hybridized carbons (Fsp3) is 0.286. The van der Waals surface area contributed by atoms with E-state index in [2.05, 4.69) is 44.8 Å². The number of carbonyl (C=O) groups excluding carboxylic acids is 1. The summed E-state index contributed by atoms with van der Waals surface area (Å²) in [6, 6.07) is 15.9. The molecule has 140 valence electrons. The zero-order valence-electron chi connectivity index (χ0n) is 15.0. The van der Waals surface area contributed by atoms with Crippen LogP contribution in [0.4, 0.5) is 5.69 Å². The molecule has 2 heterocycles. The van der Waals surface area contributed by atoms with Crippen molar-refractivity contribution in [1.29, 1.82) is 0 Å². The number of hydrogen-bond acceptors (Lipinski definition) is 4. The molecule has 0 atom stereocenters. The van der Waals surface area contributed by atoms with Crippen molar-refractivity contribution in [3.63, 3.8) is 0 Å². The van der Waals surface area contributed by atoms with Crippen molar-refractivity contribution in [2.75, 3.05) is 38.0 Å². The van der Waals surface area contributed by atoms with Gasteiger partial charge in [0.15, 0.2) is 0 Å². The van der Waals surface area contributed by atoms with Crippen molar-refractivity contribution >= 4 is 44.6 Å². The Morgan fingerprint density at radius 3 is 2.52 bits per heavy atom. The van der Waals surface area contributed by atoms with Crippen LogP contribution in [0.25, 0.3) is 10.1 Å². The molecule has 1 N–H and O–H groups in total. The summed E-state index contributed by atoms with van der Waals surface area (Å²) >= 11 is 7.92. The molecule has 1 aliphatic rings.